The summed E-state index contributed by atoms with van der Waals surface area (Å²) in [6.45, 7) is 1.41. The zero-order chi connectivity index (χ0) is 36.0. The number of ether oxygens (including phenoxy) is 1. The molecule has 4 heterocycles. The third kappa shape index (κ3) is 5.36. The number of fused-ring (bicyclic) bond motifs is 2. The van der Waals surface area contributed by atoms with Crippen molar-refractivity contribution in [1.29, 1.82) is 0 Å². The second kappa shape index (κ2) is 12.0. The minimum Gasteiger partial charge on any atom is -0.487 e. The molecule has 0 atom stereocenters. The van der Waals surface area contributed by atoms with Gasteiger partial charge in [0, 0.05) is 23.8 Å². The first-order valence-electron chi connectivity index (χ1n) is 18.2. The van der Waals surface area contributed by atoms with E-state index in [0.717, 1.165) is 62.7 Å². The van der Waals surface area contributed by atoms with Crippen molar-refractivity contribution in [3.05, 3.63) is 59.4 Å². The number of carbonyl (C=O) groups is 2. The molecular weight excluding hydrogens is 682 g/mol. The largest absolute Gasteiger partial charge is 0.487 e. The highest BCUT2D eigenvalue weighted by atomic mass is 19.4. The number of anilines is 3. The molecule has 11 nitrogen and oxygen atoms in total. The lowest BCUT2D eigenvalue weighted by Gasteiger charge is -2.59. The highest BCUT2D eigenvalue weighted by Crippen LogP contribution is 2.58. The molecule has 5 aliphatic carbocycles. The maximum absolute atomic E-state index is 14.8. The summed E-state index contributed by atoms with van der Waals surface area (Å²) < 4.78 is 63.8. The molecular formula is C37H39F4N7O4. The van der Waals surface area contributed by atoms with Crippen LogP contribution in [-0.4, -0.2) is 68.2 Å². The standard InChI is InChI=1S/C37H39F4N7O4/c38-24-14-42-33(43-15-24)47-17-26(18-47)52-25-4-5-29-28(13-25)35(6-2-1-3-7-35)19-48(29)34-44-16-27(30(45-34)37(39,40)41)31(49)46-36(32(50)51)22-9-20-8-21(11-22)12-23(36)10-20/h4-5,13-16,20-23,26H,1-3,6-12,17-19H2,(H,46,49)(H,50,51). The Morgan fingerprint density at radius 1 is 0.904 bits per heavy atom. The molecule has 3 aromatic rings. The van der Waals surface area contributed by atoms with Crippen molar-refractivity contribution in [2.75, 3.05) is 29.4 Å². The summed E-state index contributed by atoms with van der Waals surface area (Å²) in [6, 6.07) is 5.59. The van der Waals surface area contributed by atoms with Crippen molar-refractivity contribution < 1.29 is 37.0 Å². The second-order valence-electron chi connectivity index (χ2n) is 15.8. The van der Waals surface area contributed by atoms with Crippen LogP contribution in [0.4, 0.5) is 35.1 Å². The van der Waals surface area contributed by atoms with Crippen molar-refractivity contribution in [1.82, 2.24) is 25.3 Å². The lowest BCUT2D eigenvalue weighted by atomic mass is 9.48. The van der Waals surface area contributed by atoms with Gasteiger partial charge in [-0.05, 0) is 92.4 Å². The Morgan fingerprint density at radius 3 is 2.19 bits per heavy atom. The van der Waals surface area contributed by atoms with Gasteiger partial charge in [0.15, 0.2) is 11.5 Å². The van der Waals surface area contributed by atoms with Gasteiger partial charge in [-0.2, -0.15) is 13.2 Å². The van der Waals surface area contributed by atoms with Crippen LogP contribution in [0.3, 0.4) is 0 Å². The van der Waals surface area contributed by atoms with Crippen molar-refractivity contribution >= 4 is 29.5 Å². The highest BCUT2D eigenvalue weighted by Gasteiger charge is 2.62. The van der Waals surface area contributed by atoms with E-state index in [2.05, 4.69) is 25.3 Å². The molecule has 4 bridgehead atoms. The van der Waals surface area contributed by atoms with Crippen LogP contribution in [0.1, 0.15) is 85.8 Å². The van der Waals surface area contributed by atoms with Gasteiger partial charge in [0.25, 0.3) is 5.91 Å². The first-order chi connectivity index (χ1) is 24.9. The zero-order valence-corrected chi connectivity index (χ0v) is 28.4. The van der Waals surface area contributed by atoms with Crippen LogP contribution >= 0.6 is 0 Å². The average Bonchev–Trinajstić information content (AvgIpc) is 3.40. The van der Waals surface area contributed by atoms with E-state index in [0.29, 0.717) is 74.5 Å². The number of aromatic nitrogens is 4. The first kappa shape index (κ1) is 33.3. The molecule has 1 saturated heterocycles. The first-order valence-corrected chi connectivity index (χ1v) is 18.2. The van der Waals surface area contributed by atoms with Gasteiger partial charge in [0.05, 0.1) is 31.0 Å². The number of carboxylic acid groups (broad SMARTS) is 1. The number of hydrogen-bond acceptors (Lipinski definition) is 9. The summed E-state index contributed by atoms with van der Waals surface area (Å²) in [4.78, 5) is 46.6. The quantitative estimate of drug-likeness (QED) is 0.278. The molecule has 1 amide bonds. The van der Waals surface area contributed by atoms with Crippen LogP contribution in [0.5, 0.6) is 5.75 Å². The minimum atomic E-state index is -5.00. The van der Waals surface area contributed by atoms with Gasteiger partial charge >= 0.3 is 12.1 Å². The number of carbonyl (C=O) groups excluding carboxylic acids is 1. The van der Waals surface area contributed by atoms with Crippen LogP contribution in [0.2, 0.25) is 0 Å². The normalized spacial score (nSPS) is 28.8. The van der Waals surface area contributed by atoms with E-state index in [1.54, 1.807) is 11.0 Å². The SMILES string of the molecule is O=C(NC1(C(=O)O)C2CC3CC(C2)CC1C3)c1cnc(N2CC3(CCCCC3)c3cc(OC4CN(c5ncc(F)cn5)C4)ccc32)nc1C(F)(F)F. The fourth-order valence-electron chi connectivity index (χ4n) is 10.6. The second-order valence-corrected chi connectivity index (χ2v) is 15.8. The van der Waals surface area contributed by atoms with E-state index in [-0.39, 0.29) is 29.3 Å². The number of benzene rings is 1. The molecule has 2 N–H and O–H groups in total. The summed E-state index contributed by atoms with van der Waals surface area (Å²) in [7, 11) is 0. The number of halogens is 4. The van der Waals surface area contributed by atoms with E-state index in [1.807, 2.05) is 17.0 Å². The van der Waals surface area contributed by atoms with E-state index < -0.39 is 40.7 Å². The minimum absolute atomic E-state index is 0.151. The monoisotopic (exact) mass is 721 g/mol. The van der Waals surface area contributed by atoms with Crippen molar-refractivity contribution in [3.63, 3.8) is 0 Å². The van der Waals surface area contributed by atoms with Crippen molar-refractivity contribution in [2.45, 2.75) is 87.4 Å². The Balaban J connectivity index is 0.994. The van der Waals surface area contributed by atoms with Crippen LogP contribution in [0.15, 0.2) is 36.8 Å². The Morgan fingerprint density at radius 2 is 1.56 bits per heavy atom. The number of alkyl halides is 3. The molecule has 1 aromatic carbocycles. The van der Waals surface area contributed by atoms with Crippen LogP contribution in [0, 0.1) is 29.5 Å². The molecule has 7 aliphatic rings. The number of carboxylic acids is 1. The van der Waals surface area contributed by atoms with Crippen molar-refractivity contribution in [3.8, 4) is 5.75 Å². The average molecular weight is 722 g/mol. The third-order valence-corrected chi connectivity index (χ3v) is 12.8. The van der Waals surface area contributed by atoms with Gasteiger partial charge in [-0.1, -0.05) is 19.3 Å². The fourth-order valence-corrected chi connectivity index (χ4v) is 10.6. The number of hydrogen-bond donors (Lipinski definition) is 2. The summed E-state index contributed by atoms with van der Waals surface area (Å²) >= 11 is 0. The summed E-state index contributed by atoms with van der Waals surface area (Å²) in [6.07, 6.45) is 6.31. The number of nitrogens with one attached hydrogen (secondary N) is 1. The molecule has 52 heavy (non-hydrogen) atoms. The molecule has 6 fully saturated rings. The van der Waals surface area contributed by atoms with E-state index >= 15 is 0 Å². The van der Waals surface area contributed by atoms with Crippen LogP contribution in [-0.2, 0) is 16.4 Å². The highest BCUT2D eigenvalue weighted by molar-refractivity contribution is 5.99. The predicted octanol–water partition coefficient (Wildman–Crippen LogP) is 6.06. The molecule has 2 aromatic heterocycles. The van der Waals surface area contributed by atoms with Gasteiger partial charge in [-0.3, -0.25) is 4.79 Å². The van der Waals surface area contributed by atoms with E-state index in [4.69, 9.17) is 4.74 Å². The maximum atomic E-state index is 14.8. The number of amides is 1. The predicted molar refractivity (Wildman–Crippen MR) is 179 cm³/mol. The van der Waals surface area contributed by atoms with Gasteiger partial charge in [0.1, 0.15) is 17.4 Å². The Kier molecular flexibility index (Phi) is 7.67. The molecule has 0 radical (unpaired) electrons. The fraction of sp³-hybridized carbons (Fsp3) is 0.568. The summed E-state index contributed by atoms with van der Waals surface area (Å²) in [5.41, 5.74) is -2.46. The topological polar surface area (TPSA) is 134 Å². The van der Waals surface area contributed by atoms with Crippen molar-refractivity contribution in [2.24, 2.45) is 23.7 Å². The Bertz CT molecular complexity index is 1880. The Labute approximate surface area is 297 Å². The Hall–Kier alpha value is -4.56. The van der Waals surface area contributed by atoms with Gasteiger partial charge in [-0.25, -0.2) is 29.1 Å². The smallest absolute Gasteiger partial charge is 0.434 e. The number of nitrogens with zero attached hydrogens (tertiary/aromatic N) is 6. The van der Waals surface area contributed by atoms with Gasteiger partial charge < -0.3 is 25.0 Å². The van der Waals surface area contributed by atoms with Gasteiger partial charge in [-0.15, -0.1) is 0 Å². The van der Waals surface area contributed by atoms with E-state index in [1.165, 1.54) is 0 Å². The molecule has 274 valence electrons. The maximum Gasteiger partial charge on any atom is 0.434 e. The zero-order valence-electron chi connectivity index (χ0n) is 28.4. The van der Waals surface area contributed by atoms with E-state index in [9.17, 15) is 32.3 Å². The molecule has 2 aliphatic heterocycles. The number of aliphatic carboxylic acids is 1. The molecule has 10 rings (SSSR count). The summed E-state index contributed by atoms with van der Waals surface area (Å²) in [5, 5.41) is 13.1. The lowest BCUT2D eigenvalue weighted by molar-refractivity contribution is -0.163. The summed E-state index contributed by atoms with van der Waals surface area (Å²) in [5.74, 6) is -1.79. The lowest BCUT2D eigenvalue weighted by Crippen LogP contribution is -2.70. The molecule has 15 heteroatoms. The molecule has 0 unspecified atom stereocenters. The van der Waals surface area contributed by atoms with Crippen LogP contribution in [0.25, 0.3) is 0 Å². The van der Waals surface area contributed by atoms with Gasteiger partial charge in [0.2, 0.25) is 11.9 Å². The number of rotatable bonds is 7. The molecule has 1 spiro atoms. The van der Waals surface area contributed by atoms with Crippen LogP contribution < -0.4 is 19.9 Å². The third-order valence-electron chi connectivity index (χ3n) is 12.8. The molecule has 5 saturated carbocycles.